The normalized spacial score (nSPS) is 11.9. The summed E-state index contributed by atoms with van der Waals surface area (Å²) in [6.45, 7) is 0. The van der Waals surface area contributed by atoms with Crippen molar-refractivity contribution in [1.82, 2.24) is 0 Å². The molecule has 0 aromatic rings. The largest absolute Gasteiger partial charge is 0.323 e. The Morgan fingerprint density at radius 3 is 0.938 bits per heavy atom. The molecule has 4 N–H and O–H groups in total. The molecule has 0 unspecified atom stereocenters. The van der Waals surface area contributed by atoms with Crippen LogP contribution in [0.2, 0.25) is 0 Å². The molecule has 0 fully saturated rings. The van der Waals surface area contributed by atoms with Crippen LogP contribution < -0.4 is 11.5 Å². The fraction of sp³-hybridized carbons (Fsp3) is 0.600. The Balaban J connectivity index is 5.19. The summed E-state index contributed by atoms with van der Waals surface area (Å²) in [5.74, 6) is 0. The Morgan fingerprint density at radius 2 is 0.812 bits per heavy atom. The first-order chi connectivity index (χ1) is 7.49. The zero-order chi connectivity index (χ0) is 12.7. The molecule has 0 atom stereocenters. The van der Waals surface area contributed by atoms with Gasteiger partial charge in [-0.25, -0.2) is 0 Å². The topological polar surface area (TPSA) is 120 Å². The van der Waals surface area contributed by atoms with E-state index in [-0.39, 0.29) is 25.7 Å². The molecule has 0 aliphatic carbocycles. The van der Waals surface area contributed by atoms with Gasteiger partial charge in [-0.2, -0.15) is 0 Å². The van der Waals surface area contributed by atoms with Crippen LogP contribution in [0.15, 0.2) is 0 Å². The predicted octanol–water partition coefficient (Wildman–Crippen LogP) is -1.26. The van der Waals surface area contributed by atoms with Gasteiger partial charge in [0.15, 0.2) is 0 Å². The minimum absolute atomic E-state index is 0.177. The van der Waals surface area contributed by atoms with E-state index in [4.69, 9.17) is 11.5 Å². The summed E-state index contributed by atoms with van der Waals surface area (Å²) in [6, 6.07) is 0. The molecule has 0 radical (unpaired) electrons. The van der Waals surface area contributed by atoms with E-state index < -0.39 is 11.1 Å². The number of carbonyl (C=O) groups excluding carboxylic acids is 4. The third-order valence-electron chi connectivity index (χ3n) is 2.78. The second kappa shape index (κ2) is 6.24. The maximum absolute atomic E-state index is 10.5. The minimum atomic E-state index is -1.36. The molecule has 6 heteroatoms. The highest BCUT2D eigenvalue weighted by Crippen LogP contribution is 2.28. The summed E-state index contributed by atoms with van der Waals surface area (Å²) in [6.07, 6.45) is 1.41. The lowest BCUT2D eigenvalue weighted by molar-refractivity contribution is -0.117. The van der Waals surface area contributed by atoms with Gasteiger partial charge >= 0.3 is 0 Å². The average Bonchev–Trinajstić information content (AvgIpc) is 2.19. The van der Waals surface area contributed by atoms with E-state index in [9.17, 15) is 19.2 Å². The Morgan fingerprint density at radius 1 is 0.625 bits per heavy atom. The van der Waals surface area contributed by atoms with Crippen molar-refractivity contribution in [2.45, 2.75) is 36.8 Å². The highest BCUT2D eigenvalue weighted by molar-refractivity contribution is 5.64. The molecule has 0 saturated carbocycles. The van der Waals surface area contributed by atoms with Gasteiger partial charge in [-0.1, -0.05) is 0 Å². The molecule has 6 nitrogen and oxygen atoms in total. The Hall–Kier alpha value is -1.40. The fourth-order valence-electron chi connectivity index (χ4n) is 1.57. The first kappa shape index (κ1) is 14.6. The smallest absolute Gasteiger partial charge is 0.121 e. The molecule has 0 rings (SSSR count). The van der Waals surface area contributed by atoms with Gasteiger partial charge in [0.05, 0.1) is 0 Å². The molecule has 0 aliphatic heterocycles. The van der Waals surface area contributed by atoms with E-state index in [1.807, 2.05) is 0 Å². The summed E-state index contributed by atoms with van der Waals surface area (Å²) in [4.78, 5) is 42.1. The van der Waals surface area contributed by atoms with Crippen LogP contribution in [0.3, 0.4) is 0 Å². The van der Waals surface area contributed by atoms with Crippen LogP contribution in [0.25, 0.3) is 0 Å². The molecule has 16 heavy (non-hydrogen) atoms. The molecule has 0 spiro atoms. The van der Waals surface area contributed by atoms with Gasteiger partial charge in [-0.15, -0.1) is 0 Å². The average molecular weight is 228 g/mol. The second-order valence-electron chi connectivity index (χ2n) is 3.80. The standard InChI is InChI=1S/C10H16N2O4/c11-9(1-5-13,2-6-14)10(12,3-7-15)4-8-16/h5-8H,1-4,11-12H2. The highest BCUT2D eigenvalue weighted by atomic mass is 16.1. The molecule has 0 aliphatic rings. The van der Waals surface area contributed by atoms with Crippen LogP contribution in [0.4, 0.5) is 0 Å². The summed E-state index contributed by atoms with van der Waals surface area (Å²) in [7, 11) is 0. The highest BCUT2D eigenvalue weighted by Gasteiger charge is 2.44. The SMILES string of the molecule is NC(CC=O)(CC=O)C(N)(CC=O)CC=O. The number of carbonyl (C=O) groups is 4. The maximum Gasteiger partial charge on any atom is 0.121 e. The quantitative estimate of drug-likeness (QED) is 0.475. The van der Waals surface area contributed by atoms with Crippen molar-refractivity contribution in [3.8, 4) is 0 Å². The van der Waals surface area contributed by atoms with Crippen molar-refractivity contribution >= 4 is 25.1 Å². The predicted molar refractivity (Wildman–Crippen MR) is 56.6 cm³/mol. The van der Waals surface area contributed by atoms with Crippen molar-refractivity contribution in [3.05, 3.63) is 0 Å². The number of hydrogen-bond acceptors (Lipinski definition) is 6. The maximum atomic E-state index is 10.5. The van der Waals surface area contributed by atoms with Crippen molar-refractivity contribution in [2.75, 3.05) is 0 Å². The molecular weight excluding hydrogens is 212 g/mol. The van der Waals surface area contributed by atoms with Crippen LogP contribution in [0, 0.1) is 0 Å². The zero-order valence-electron chi connectivity index (χ0n) is 8.93. The minimum Gasteiger partial charge on any atom is -0.323 e. The number of rotatable bonds is 9. The fourth-order valence-corrected chi connectivity index (χ4v) is 1.57. The Bertz CT molecular complexity index is 230. The lowest BCUT2D eigenvalue weighted by Crippen LogP contribution is -2.66. The number of aldehydes is 4. The van der Waals surface area contributed by atoms with Crippen molar-refractivity contribution in [2.24, 2.45) is 11.5 Å². The summed E-state index contributed by atoms with van der Waals surface area (Å²) in [5, 5.41) is 0. The third kappa shape index (κ3) is 3.04. The number of nitrogens with two attached hydrogens (primary N) is 2. The Kier molecular flexibility index (Phi) is 5.69. The Labute approximate surface area is 93.3 Å². The van der Waals surface area contributed by atoms with E-state index in [0.717, 1.165) is 0 Å². The first-order valence-corrected chi connectivity index (χ1v) is 4.82. The molecule has 90 valence electrons. The molecule has 0 aromatic carbocycles. The molecule has 0 bridgehead atoms. The van der Waals surface area contributed by atoms with E-state index >= 15 is 0 Å². The number of hydrogen-bond donors (Lipinski definition) is 2. The van der Waals surface area contributed by atoms with Crippen molar-refractivity contribution in [3.63, 3.8) is 0 Å². The first-order valence-electron chi connectivity index (χ1n) is 4.82. The van der Waals surface area contributed by atoms with Crippen LogP contribution in [0.1, 0.15) is 25.7 Å². The molecular formula is C10H16N2O4. The monoisotopic (exact) mass is 228 g/mol. The van der Waals surface area contributed by atoms with Gasteiger partial charge in [0.2, 0.25) is 0 Å². The van der Waals surface area contributed by atoms with E-state index in [1.54, 1.807) is 0 Å². The van der Waals surface area contributed by atoms with Crippen LogP contribution in [0.5, 0.6) is 0 Å². The molecule has 0 saturated heterocycles. The van der Waals surface area contributed by atoms with Crippen molar-refractivity contribution < 1.29 is 19.2 Å². The second-order valence-corrected chi connectivity index (χ2v) is 3.80. The lowest BCUT2D eigenvalue weighted by Gasteiger charge is -2.42. The summed E-state index contributed by atoms with van der Waals surface area (Å²) < 4.78 is 0. The van der Waals surface area contributed by atoms with E-state index in [0.29, 0.717) is 25.1 Å². The van der Waals surface area contributed by atoms with Crippen LogP contribution in [-0.4, -0.2) is 36.2 Å². The van der Waals surface area contributed by atoms with Gasteiger partial charge in [0, 0.05) is 36.8 Å². The van der Waals surface area contributed by atoms with E-state index in [2.05, 4.69) is 0 Å². The molecule has 0 heterocycles. The van der Waals surface area contributed by atoms with Gasteiger partial charge in [-0.3, -0.25) is 0 Å². The van der Waals surface area contributed by atoms with Gasteiger partial charge in [0.25, 0.3) is 0 Å². The summed E-state index contributed by atoms with van der Waals surface area (Å²) in [5.41, 5.74) is 9.00. The lowest BCUT2D eigenvalue weighted by atomic mass is 9.70. The van der Waals surface area contributed by atoms with Crippen LogP contribution >= 0.6 is 0 Å². The van der Waals surface area contributed by atoms with E-state index in [1.165, 1.54) is 0 Å². The summed E-state index contributed by atoms with van der Waals surface area (Å²) >= 11 is 0. The molecule has 0 aromatic heterocycles. The van der Waals surface area contributed by atoms with Gasteiger partial charge in [-0.05, 0) is 0 Å². The van der Waals surface area contributed by atoms with Gasteiger partial charge in [0.1, 0.15) is 25.1 Å². The van der Waals surface area contributed by atoms with Crippen molar-refractivity contribution in [1.29, 1.82) is 0 Å². The van der Waals surface area contributed by atoms with Crippen LogP contribution in [-0.2, 0) is 19.2 Å². The third-order valence-corrected chi connectivity index (χ3v) is 2.78. The molecule has 0 amide bonds. The zero-order valence-corrected chi connectivity index (χ0v) is 8.93. The van der Waals surface area contributed by atoms with Gasteiger partial charge < -0.3 is 30.6 Å².